The van der Waals surface area contributed by atoms with Crippen LogP contribution in [0.2, 0.25) is 0 Å². The van der Waals surface area contributed by atoms with Gasteiger partial charge in [-0.15, -0.1) is 0 Å². The number of carbonyl (C=O) groups excluding carboxylic acids is 2. The van der Waals surface area contributed by atoms with Crippen molar-refractivity contribution < 1.29 is 9.59 Å². The number of nitrogens with zero attached hydrogens (tertiary/aromatic N) is 1. The Hall–Kier alpha value is -1.06. The maximum absolute atomic E-state index is 12.8. The first-order valence-electron chi connectivity index (χ1n) is 7.59. The van der Waals surface area contributed by atoms with Crippen molar-refractivity contribution >= 4 is 11.8 Å². The topological polar surface area (TPSA) is 49.4 Å². The van der Waals surface area contributed by atoms with Crippen molar-refractivity contribution in [2.45, 2.75) is 77.4 Å². The molecule has 4 nitrogen and oxygen atoms in total. The monoisotopic (exact) mass is 266 g/mol. The molecule has 1 aliphatic carbocycles. The largest absolute Gasteiger partial charge is 0.342 e. The van der Waals surface area contributed by atoms with Crippen molar-refractivity contribution in [3.05, 3.63) is 0 Å². The summed E-state index contributed by atoms with van der Waals surface area (Å²) in [7, 11) is 0. The Morgan fingerprint density at radius 1 is 1.37 bits per heavy atom. The molecular formula is C15H26N2O2. The van der Waals surface area contributed by atoms with Crippen LogP contribution in [0.25, 0.3) is 0 Å². The first-order valence-corrected chi connectivity index (χ1v) is 7.59. The highest BCUT2D eigenvalue weighted by atomic mass is 16.2. The third-order valence-electron chi connectivity index (χ3n) is 4.74. The standard InChI is InChI=1S/C15H26N2O2/c1-5-7-10(3)17-13(18)12(11-8-9-11)16-14(19)15(17,4)6-2/h10-12H,5-9H2,1-4H3,(H,16,19). The molecule has 2 fully saturated rings. The zero-order valence-corrected chi connectivity index (χ0v) is 12.5. The van der Waals surface area contributed by atoms with Gasteiger partial charge < -0.3 is 10.2 Å². The van der Waals surface area contributed by atoms with E-state index in [0.29, 0.717) is 12.3 Å². The number of amides is 2. The van der Waals surface area contributed by atoms with Crippen molar-refractivity contribution in [1.29, 1.82) is 0 Å². The Morgan fingerprint density at radius 3 is 2.47 bits per heavy atom. The molecule has 1 saturated heterocycles. The van der Waals surface area contributed by atoms with Gasteiger partial charge in [-0.25, -0.2) is 0 Å². The predicted octanol–water partition coefficient (Wildman–Crippen LogP) is 2.08. The number of hydrogen-bond donors (Lipinski definition) is 1. The van der Waals surface area contributed by atoms with Gasteiger partial charge in [-0.3, -0.25) is 9.59 Å². The summed E-state index contributed by atoms with van der Waals surface area (Å²) in [5.41, 5.74) is -0.683. The van der Waals surface area contributed by atoms with Gasteiger partial charge in [0.2, 0.25) is 11.8 Å². The van der Waals surface area contributed by atoms with Crippen molar-refractivity contribution in [1.82, 2.24) is 10.2 Å². The van der Waals surface area contributed by atoms with Crippen LogP contribution in [-0.4, -0.2) is 34.3 Å². The summed E-state index contributed by atoms with van der Waals surface area (Å²) in [6, 6.07) is -0.138. The Morgan fingerprint density at radius 2 is 2.00 bits per heavy atom. The summed E-state index contributed by atoms with van der Waals surface area (Å²) in [4.78, 5) is 27.1. The smallest absolute Gasteiger partial charge is 0.246 e. The van der Waals surface area contributed by atoms with E-state index >= 15 is 0 Å². The van der Waals surface area contributed by atoms with Crippen LogP contribution < -0.4 is 5.32 Å². The highest BCUT2D eigenvalue weighted by Gasteiger charge is 2.53. The third-order valence-corrected chi connectivity index (χ3v) is 4.74. The first-order chi connectivity index (χ1) is 8.95. The second kappa shape index (κ2) is 5.14. The lowest BCUT2D eigenvalue weighted by Crippen LogP contribution is -2.71. The van der Waals surface area contributed by atoms with E-state index in [1.165, 1.54) is 0 Å². The Kier molecular flexibility index (Phi) is 3.88. The van der Waals surface area contributed by atoms with Crippen LogP contribution in [0.15, 0.2) is 0 Å². The van der Waals surface area contributed by atoms with Crippen LogP contribution >= 0.6 is 0 Å². The Labute approximate surface area is 115 Å². The maximum Gasteiger partial charge on any atom is 0.246 e. The van der Waals surface area contributed by atoms with Crippen LogP contribution in [0.5, 0.6) is 0 Å². The molecule has 0 aromatic carbocycles. The van der Waals surface area contributed by atoms with Gasteiger partial charge in [0.15, 0.2) is 0 Å². The lowest BCUT2D eigenvalue weighted by Gasteiger charge is -2.49. The third kappa shape index (κ3) is 2.37. The average Bonchev–Trinajstić information content (AvgIpc) is 3.18. The maximum atomic E-state index is 12.8. The molecule has 1 N–H and O–H groups in total. The van der Waals surface area contributed by atoms with E-state index in [9.17, 15) is 9.59 Å². The minimum Gasteiger partial charge on any atom is -0.342 e. The fourth-order valence-electron chi connectivity index (χ4n) is 3.19. The zero-order chi connectivity index (χ0) is 14.2. The number of carbonyl (C=O) groups is 2. The summed E-state index contributed by atoms with van der Waals surface area (Å²) in [5, 5.41) is 2.97. The van der Waals surface area contributed by atoms with Gasteiger partial charge in [-0.2, -0.15) is 0 Å². The van der Waals surface area contributed by atoms with E-state index in [4.69, 9.17) is 0 Å². The number of hydrogen-bond acceptors (Lipinski definition) is 2. The summed E-state index contributed by atoms with van der Waals surface area (Å²) in [5.74, 6) is 0.524. The van der Waals surface area contributed by atoms with Gasteiger partial charge in [0, 0.05) is 6.04 Å². The molecule has 1 aliphatic heterocycles. The molecule has 3 unspecified atom stereocenters. The van der Waals surface area contributed by atoms with Gasteiger partial charge >= 0.3 is 0 Å². The lowest BCUT2D eigenvalue weighted by atomic mass is 9.87. The molecule has 2 aliphatic rings. The summed E-state index contributed by atoms with van der Waals surface area (Å²) >= 11 is 0. The SMILES string of the molecule is CCCC(C)N1C(=O)C(C2CC2)NC(=O)C1(C)CC. The summed E-state index contributed by atoms with van der Waals surface area (Å²) in [6.07, 6.45) is 4.77. The zero-order valence-electron chi connectivity index (χ0n) is 12.5. The first kappa shape index (κ1) is 14.4. The van der Waals surface area contributed by atoms with Crippen molar-refractivity contribution in [3.63, 3.8) is 0 Å². The molecular weight excluding hydrogens is 240 g/mol. The van der Waals surface area contributed by atoms with Crippen LogP contribution in [0.3, 0.4) is 0 Å². The molecule has 108 valence electrons. The fourth-order valence-corrected chi connectivity index (χ4v) is 3.19. The van der Waals surface area contributed by atoms with Crippen LogP contribution in [0, 0.1) is 5.92 Å². The molecule has 0 aromatic rings. The van der Waals surface area contributed by atoms with Crippen molar-refractivity contribution in [3.8, 4) is 0 Å². The van der Waals surface area contributed by atoms with Crippen molar-refractivity contribution in [2.24, 2.45) is 5.92 Å². The molecule has 2 amide bonds. The molecule has 1 saturated carbocycles. The van der Waals surface area contributed by atoms with Gasteiger partial charge in [0.1, 0.15) is 11.6 Å². The summed E-state index contributed by atoms with van der Waals surface area (Å²) < 4.78 is 0. The molecule has 0 radical (unpaired) electrons. The predicted molar refractivity (Wildman–Crippen MR) is 74.6 cm³/mol. The van der Waals surface area contributed by atoms with Gasteiger partial charge in [0.25, 0.3) is 0 Å². The van der Waals surface area contributed by atoms with E-state index in [1.54, 1.807) is 0 Å². The molecule has 2 rings (SSSR count). The van der Waals surface area contributed by atoms with Gasteiger partial charge in [-0.05, 0) is 45.4 Å². The molecule has 0 aromatic heterocycles. The molecule has 3 atom stereocenters. The minimum absolute atomic E-state index is 0.0226. The van der Waals surface area contributed by atoms with E-state index in [-0.39, 0.29) is 23.9 Å². The van der Waals surface area contributed by atoms with Crippen LogP contribution in [0.4, 0.5) is 0 Å². The molecule has 1 heterocycles. The fraction of sp³-hybridized carbons (Fsp3) is 0.867. The molecule has 19 heavy (non-hydrogen) atoms. The molecule has 0 bridgehead atoms. The number of piperazine rings is 1. The molecule has 0 spiro atoms. The van der Waals surface area contributed by atoms with E-state index < -0.39 is 5.54 Å². The van der Waals surface area contributed by atoms with Gasteiger partial charge in [-0.1, -0.05) is 20.3 Å². The Bertz CT molecular complexity index is 378. The normalized spacial score (nSPS) is 33.3. The second-order valence-electron chi connectivity index (χ2n) is 6.26. The van der Waals surface area contributed by atoms with Gasteiger partial charge in [0.05, 0.1) is 0 Å². The van der Waals surface area contributed by atoms with Crippen LogP contribution in [-0.2, 0) is 9.59 Å². The lowest BCUT2D eigenvalue weighted by molar-refractivity contribution is -0.160. The molecule has 4 heteroatoms. The Balaban J connectivity index is 2.29. The minimum atomic E-state index is -0.683. The van der Waals surface area contributed by atoms with Crippen molar-refractivity contribution in [2.75, 3.05) is 0 Å². The number of rotatable bonds is 5. The highest BCUT2D eigenvalue weighted by molar-refractivity contribution is 6.00. The van der Waals surface area contributed by atoms with E-state index in [0.717, 1.165) is 25.7 Å². The quantitative estimate of drug-likeness (QED) is 0.828. The second-order valence-corrected chi connectivity index (χ2v) is 6.26. The van der Waals surface area contributed by atoms with E-state index in [1.807, 2.05) is 18.7 Å². The highest BCUT2D eigenvalue weighted by Crippen LogP contribution is 2.38. The summed E-state index contributed by atoms with van der Waals surface area (Å²) in [6.45, 7) is 8.07. The van der Waals surface area contributed by atoms with Crippen LogP contribution in [0.1, 0.15) is 59.8 Å². The number of nitrogens with one attached hydrogen (secondary N) is 1. The average molecular weight is 266 g/mol. The van der Waals surface area contributed by atoms with E-state index in [2.05, 4.69) is 19.2 Å².